The largest absolute Gasteiger partial charge is 0.391 e. The van der Waals surface area contributed by atoms with Gasteiger partial charge in [0.15, 0.2) is 5.78 Å². The van der Waals surface area contributed by atoms with Crippen LogP contribution in [0.2, 0.25) is 0 Å². The molecule has 0 aromatic carbocycles. The van der Waals surface area contributed by atoms with Crippen molar-refractivity contribution in [2.45, 2.75) is 19.1 Å². The summed E-state index contributed by atoms with van der Waals surface area (Å²) in [7, 11) is 0. The first-order valence-electron chi connectivity index (χ1n) is 5.20. The molecule has 1 amide bonds. The second-order valence-electron chi connectivity index (χ2n) is 3.66. The summed E-state index contributed by atoms with van der Waals surface area (Å²) < 4.78 is 0.484. The first-order chi connectivity index (χ1) is 8.45. The molecule has 3 N–H and O–H groups in total. The molecule has 7 heteroatoms. The SMILES string of the molecule is C[C@@H](O)[C@H](NC(=O)c1cccc(Br)n1)C(=O)CO. The standard InChI is InChI=1S/C11H13BrN2O4/c1-6(16)10(8(17)5-15)14-11(18)7-3-2-4-9(12)13-7/h2-4,6,10,15-16H,5H2,1H3,(H,14,18)/t6-,10+/m1/s1. The number of nitrogens with zero attached hydrogens (tertiary/aromatic N) is 1. The molecule has 1 heterocycles. The van der Waals surface area contributed by atoms with Crippen molar-refractivity contribution in [3.63, 3.8) is 0 Å². The molecule has 1 aromatic rings. The predicted octanol–water partition coefficient (Wildman–Crippen LogP) is -0.115. The number of ketones is 1. The Bertz CT molecular complexity index is 450. The highest BCUT2D eigenvalue weighted by atomic mass is 79.9. The van der Waals surface area contributed by atoms with E-state index in [2.05, 4.69) is 26.2 Å². The number of pyridine rings is 1. The minimum atomic E-state index is -1.15. The van der Waals surface area contributed by atoms with Gasteiger partial charge in [-0.05, 0) is 35.0 Å². The van der Waals surface area contributed by atoms with Gasteiger partial charge in [0.2, 0.25) is 0 Å². The Hall–Kier alpha value is -1.31. The van der Waals surface area contributed by atoms with Crippen molar-refractivity contribution < 1.29 is 19.8 Å². The van der Waals surface area contributed by atoms with Gasteiger partial charge in [0.25, 0.3) is 5.91 Å². The maximum atomic E-state index is 11.8. The third kappa shape index (κ3) is 3.86. The van der Waals surface area contributed by atoms with Crippen molar-refractivity contribution in [3.05, 3.63) is 28.5 Å². The molecule has 0 radical (unpaired) electrons. The lowest BCUT2D eigenvalue weighted by atomic mass is 10.1. The minimum absolute atomic E-state index is 0.112. The molecule has 0 saturated heterocycles. The maximum absolute atomic E-state index is 11.8. The van der Waals surface area contributed by atoms with Crippen LogP contribution in [0.3, 0.4) is 0 Å². The Labute approximate surface area is 112 Å². The summed E-state index contributed by atoms with van der Waals surface area (Å²) >= 11 is 3.12. The molecule has 1 rings (SSSR count). The highest BCUT2D eigenvalue weighted by molar-refractivity contribution is 9.10. The number of aliphatic hydroxyl groups excluding tert-OH is 2. The van der Waals surface area contributed by atoms with Crippen molar-refractivity contribution >= 4 is 27.6 Å². The van der Waals surface area contributed by atoms with Crippen molar-refractivity contribution in [1.29, 1.82) is 0 Å². The van der Waals surface area contributed by atoms with E-state index in [1.807, 2.05) is 0 Å². The fourth-order valence-electron chi connectivity index (χ4n) is 1.32. The molecular formula is C11H13BrN2O4. The normalized spacial score (nSPS) is 13.8. The summed E-state index contributed by atoms with van der Waals surface area (Å²) in [5.74, 6) is -1.25. The van der Waals surface area contributed by atoms with Gasteiger partial charge in [0, 0.05) is 0 Å². The topological polar surface area (TPSA) is 99.5 Å². The molecule has 0 unspecified atom stereocenters. The molecule has 0 fully saturated rings. The average Bonchev–Trinajstić information content (AvgIpc) is 2.34. The summed E-state index contributed by atoms with van der Waals surface area (Å²) in [6, 6.07) is 3.60. The number of carbonyl (C=O) groups is 2. The Balaban J connectivity index is 2.82. The molecule has 1 aromatic heterocycles. The van der Waals surface area contributed by atoms with Gasteiger partial charge in [-0.1, -0.05) is 6.07 Å². The number of aliphatic hydroxyl groups is 2. The lowest BCUT2D eigenvalue weighted by Crippen LogP contribution is -2.49. The Morgan fingerprint density at radius 3 is 2.67 bits per heavy atom. The molecule has 18 heavy (non-hydrogen) atoms. The van der Waals surface area contributed by atoms with Gasteiger partial charge in [-0.15, -0.1) is 0 Å². The maximum Gasteiger partial charge on any atom is 0.270 e. The number of hydrogen-bond donors (Lipinski definition) is 3. The van der Waals surface area contributed by atoms with E-state index in [-0.39, 0.29) is 5.69 Å². The van der Waals surface area contributed by atoms with Crippen LogP contribution in [0.1, 0.15) is 17.4 Å². The van der Waals surface area contributed by atoms with Gasteiger partial charge in [0.1, 0.15) is 22.9 Å². The van der Waals surface area contributed by atoms with Crippen LogP contribution in [0.4, 0.5) is 0 Å². The van der Waals surface area contributed by atoms with E-state index >= 15 is 0 Å². The molecule has 0 spiro atoms. The zero-order valence-electron chi connectivity index (χ0n) is 9.63. The Morgan fingerprint density at radius 2 is 2.17 bits per heavy atom. The van der Waals surface area contributed by atoms with E-state index in [0.29, 0.717) is 4.60 Å². The number of rotatable bonds is 5. The van der Waals surface area contributed by atoms with E-state index in [0.717, 1.165) is 0 Å². The van der Waals surface area contributed by atoms with Crippen molar-refractivity contribution in [2.75, 3.05) is 6.61 Å². The molecule has 2 atom stereocenters. The number of Topliss-reactive ketones (excluding diaryl/α,β-unsaturated/α-hetero) is 1. The van der Waals surface area contributed by atoms with Crippen LogP contribution in [0.15, 0.2) is 22.8 Å². The molecule has 0 aliphatic carbocycles. The monoisotopic (exact) mass is 316 g/mol. The highest BCUT2D eigenvalue weighted by Gasteiger charge is 2.25. The average molecular weight is 317 g/mol. The fourth-order valence-corrected chi connectivity index (χ4v) is 1.66. The van der Waals surface area contributed by atoms with Gasteiger partial charge in [-0.2, -0.15) is 0 Å². The number of aromatic nitrogens is 1. The third-order valence-corrected chi connectivity index (χ3v) is 2.66. The lowest BCUT2D eigenvalue weighted by molar-refractivity contribution is -0.125. The highest BCUT2D eigenvalue weighted by Crippen LogP contribution is 2.07. The van der Waals surface area contributed by atoms with Gasteiger partial charge >= 0.3 is 0 Å². The predicted molar refractivity (Wildman–Crippen MR) is 67.0 cm³/mol. The smallest absolute Gasteiger partial charge is 0.270 e. The molecular weight excluding hydrogens is 304 g/mol. The lowest BCUT2D eigenvalue weighted by Gasteiger charge is -2.19. The van der Waals surface area contributed by atoms with Crippen LogP contribution in [-0.2, 0) is 4.79 Å². The van der Waals surface area contributed by atoms with E-state index in [1.165, 1.54) is 13.0 Å². The Morgan fingerprint density at radius 1 is 1.50 bits per heavy atom. The number of nitrogens with one attached hydrogen (secondary N) is 1. The molecule has 0 aliphatic rings. The van der Waals surface area contributed by atoms with Crippen LogP contribution < -0.4 is 5.32 Å². The van der Waals surface area contributed by atoms with Crippen LogP contribution in [-0.4, -0.2) is 45.6 Å². The van der Waals surface area contributed by atoms with Crippen molar-refractivity contribution in [1.82, 2.24) is 10.3 Å². The molecule has 0 bridgehead atoms. The van der Waals surface area contributed by atoms with E-state index in [1.54, 1.807) is 12.1 Å². The van der Waals surface area contributed by atoms with Crippen LogP contribution in [0, 0.1) is 0 Å². The molecule has 98 valence electrons. The first-order valence-corrected chi connectivity index (χ1v) is 6.00. The van der Waals surface area contributed by atoms with Crippen molar-refractivity contribution in [3.8, 4) is 0 Å². The summed E-state index contributed by atoms with van der Waals surface area (Å²) in [6.07, 6.45) is -1.10. The van der Waals surface area contributed by atoms with Crippen LogP contribution in [0.5, 0.6) is 0 Å². The molecule has 0 aliphatic heterocycles. The zero-order valence-corrected chi connectivity index (χ0v) is 11.2. The second-order valence-corrected chi connectivity index (χ2v) is 4.47. The number of halogens is 1. The molecule has 0 saturated carbocycles. The summed E-state index contributed by atoms with van der Waals surface area (Å²) in [5.41, 5.74) is 0.112. The van der Waals surface area contributed by atoms with Gasteiger partial charge < -0.3 is 15.5 Å². The van der Waals surface area contributed by atoms with E-state index in [4.69, 9.17) is 5.11 Å². The van der Waals surface area contributed by atoms with Crippen LogP contribution >= 0.6 is 15.9 Å². The van der Waals surface area contributed by atoms with Gasteiger partial charge in [0.05, 0.1) is 6.10 Å². The number of hydrogen-bond acceptors (Lipinski definition) is 5. The fraction of sp³-hybridized carbons (Fsp3) is 0.364. The third-order valence-electron chi connectivity index (χ3n) is 2.22. The summed E-state index contributed by atoms with van der Waals surface area (Å²) in [4.78, 5) is 27.0. The van der Waals surface area contributed by atoms with E-state index in [9.17, 15) is 14.7 Å². The van der Waals surface area contributed by atoms with E-state index < -0.39 is 30.4 Å². The van der Waals surface area contributed by atoms with Crippen LogP contribution in [0.25, 0.3) is 0 Å². The quantitative estimate of drug-likeness (QED) is 0.658. The summed E-state index contributed by atoms with van der Waals surface area (Å²) in [5, 5.41) is 20.5. The van der Waals surface area contributed by atoms with Crippen molar-refractivity contribution in [2.24, 2.45) is 0 Å². The zero-order chi connectivity index (χ0) is 13.7. The van der Waals surface area contributed by atoms with Gasteiger partial charge in [-0.3, -0.25) is 9.59 Å². The number of carbonyl (C=O) groups excluding carboxylic acids is 2. The summed E-state index contributed by atoms with van der Waals surface area (Å²) in [6.45, 7) is 0.606. The van der Waals surface area contributed by atoms with Gasteiger partial charge in [-0.25, -0.2) is 4.98 Å². The minimum Gasteiger partial charge on any atom is -0.391 e. The first kappa shape index (κ1) is 14.7. The number of amides is 1. The Kier molecular flexibility index (Phi) is 5.39. The molecule has 6 nitrogen and oxygen atoms in total. The second kappa shape index (κ2) is 6.58.